The zero-order chi connectivity index (χ0) is 31.3. The van der Waals surface area contributed by atoms with E-state index in [-0.39, 0.29) is 48.2 Å². The van der Waals surface area contributed by atoms with Gasteiger partial charge in [-0.2, -0.15) is 4.98 Å². The number of alkyl halides is 1. The van der Waals surface area contributed by atoms with Gasteiger partial charge in [-0.25, -0.2) is 4.39 Å². The molecule has 2 aliphatic carbocycles. The second-order valence-corrected chi connectivity index (χ2v) is 13.7. The minimum atomic E-state index is -0.829. The molecule has 43 heavy (non-hydrogen) atoms. The average molecular weight is 600 g/mol. The van der Waals surface area contributed by atoms with Crippen LogP contribution in [0.4, 0.5) is 10.4 Å². The minimum Gasteiger partial charge on any atom is -0.352 e. The van der Waals surface area contributed by atoms with Gasteiger partial charge in [0.25, 0.3) is 0 Å². The van der Waals surface area contributed by atoms with Crippen LogP contribution >= 0.6 is 0 Å². The Kier molecular flexibility index (Phi) is 11.5. The van der Waals surface area contributed by atoms with Gasteiger partial charge in [-0.3, -0.25) is 9.59 Å². The third-order valence-corrected chi connectivity index (χ3v) is 10.2. The normalized spacial score (nSPS) is 27.6. The minimum absolute atomic E-state index is 0.0231. The molecule has 1 saturated heterocycles. The van der Waals surface area contributed by atoms with Gasteiger partial charge >= 0.3 is 6.01 Å². The van der Waals surface area contributed by atoms with Crippen molar-refractivity contribution in [2.75, 3.05) is 11.9 Å². The number of nitrogens with one attached hydrogen (secondary N) is 2. The molecular weight excluding hydrogens is 545 g/mol. The van der Waals surface area contributed by atoms with E-state index in [1.54, 1.807) is 0 Å². The highest BCUT2D eigenvalue weighted by Crippen LogP contribution is 2.46. The van der Waals surface area contributed by atoms with Gasteiger partial charge < -0.3 is 20.1 Å². The maximum atomic E-state index is 14.7. The van der Waals surface area contributed by atoms with E-state index in [4.69, 9.17) is 4.52 Å². The molecule has 2 N–H and O–H groups in total. The third kappa shape index (κ3) is 8.07. The van der Waals surface area contributed by atoms with Gasteiger partial charge in [-0.05, 0) is 95.0 Å². The van der Waals surface area contributed by atoms with E-state index in [0.29, 0.717) is 24.1 Å². The topological polar surface area (TPSA) is 100 Å². The Labute approximate surface area is 257 Å². The van der Waals surface area contributed by atoms with Crippen LogP contribution in [-0.4, -0.2) is 57.7 Å². The van der Waals surface area contributed by atoms with Crippen molar-refractivity contribution in [1.82, 2.24) is 20.4 Å². The van der Waals surface area contributed by atoms with Crippen LogP contribution in [0.3, 0.4) is 0 Å². The molecule has 1 aromatic rings. The van der Waals surface area contributed by atoms with Gasteiger partial charge in [0.05, 0.1) is 6.42 Å². The van der Waals surface area contributed by atoms with E-state index in [0.717, 1.165) is 63.5 Å². The molecule has 1 aliphatic heterocycles. The molecule has 0 bridgehead atoms. The lowest BCUT2D eigenvalue weighted by Crippen LogP contribution is -2.50. The van der Waals surface area contributed by atoms with Crippen molar-refractivity contribution in [3.8, 4) is 0 Å². The molecule has 4 rings (SSSR count). The largest absolute Gasteiger partial charge is 0.352 e. The molecule has 2 fully saturated rings. The number of carbonyl (C=O) groups is 2. The first-order chi connectivity index (χ1) is 20.5. The quantitative estimate of drug-likeness (QED) is 0.263. The molecule has 240 valence electrons. The molecule has 0 aromatic carbocycles. The molecule has 8 nitrogen and oxygen atoms in total. The van der Waals surface area contributed by atoms with E-state index >= 15 is 0 Å². The zero-order valence-corrected chi connectivity index (χ0v) is 27.4. The maximum Gasteiger partial charge on any atom is 0.322 e. The molecule has 0 radical (unpaired) electrons. The molecular formula is C34H54FN5O3. The van der Waals surface area contributed by atoms with Crippen LogP contribution < -0.4 is 10.6 Å². The highest BCUT2D eigenvalue weighted by atomic mass is 19.1. The number of rotatable bonds is 11. The molecule has 0 spiro atoms. The van der Waals surface area contributed by atoms with Gasteiger partial charge in [-0.15, -0.1) is 0 Å². The number of fused-ring (bicyclic) bond motifs is 1. The summed E-state index contributed by atoms with van der Waals surface area (Å²) in [6, 6.07) is -0.578. The summed E-state index contributed by atoms with van der Waals surface area (Å²) in [5.74, 6) is 1.19. The summed E-state index contributed by atoms with van der Waals surface area (Å²) in [6.45, 7) is 15.3. The van der Waals surface area contributed by atoms with Gasteiger partial charge in [0.2, 0.25) is 11.8 Å². The number of carbonyl (C=O) groups excluding carboxylic acids is 2. The fourth-order valence-electron chi connectivity index (χ4n) is 7.19. The first kappa shape index (κ1) is 33.2. The number of piperidine rings is 1. The average Bonchev–Trinajstić information content (AvgIpc) is 3.46. The number of amides is 2. The summed E-state index contributed by atoms with van der Waals surface area (Å²) in [7, 11) is 0. The summed E-state index contributed by atoms with van der Waals surface area (Å²) in [5.41, 5.74) is 3.66. The Morgan fingerprint density at radius 3 is 2.60 bits per heavy atom. The Bertz CT molecular complexity index is 1180. The highest BCUT2D eigenvalue weighted by molar-refractivity contribution is 5.90. The molecule has 3 aliphatic rings. The number of nitrogens with zero attached hydrogens (tertiary/aromatic N) is 3. The molecule has 2 amide bonds. The zero-order valence-electron chi connectivity index (χ0n) is 27.4. The van der Waals surface area contributed by atoms with Crippen LogP contribution in [0.15, 0.2) is 27.3 Å². The lowest BCUT2D eigenvalue weighted by Gasteiger charge is -2.40. The third-order valence-electron chi connectivity index (χ3n) is 10.2. The van der Waals surface area contributed by atoms with Crippen molar-refractivity contribution >= 4 is 17.8 Å². The van der Waals surface area contributed by atoms with Gasteiger partial charge in [-0.1, -0.05) is 57.0 Å². The maximum absolute atomic E-state index is 14.7. The molecule has 4 unspecified atom stereocenters. The Balaban J connectivity index is 1.42. The Hall–Kier alpha value is -2.71. The monoisotopic (exact) mass is 599 g/mol. The van der Waals surface area contributed by atoms with Gasteiger partial charge in [0.1, 0.15) is 12.2 Å². The van der Waals surface area contributed by atoms with Crippen molar-refractivity contribution in [2.45, 2.75) is 143 Å². The molecule has 9 heteroatoms. The lowest BCUT2D eigenvalue weighted by atomic mass is 9.66. The van der Waals surface area contributed by atoms with Crippen LogP contribution in [0.25, 0.3) is 0 Å². The fourth-order valence-corrected chi connectivity index (χ4v) is 7.19. The predicted octanol–water partition coefficient (Wildman–Crippen LogP) is 7.11. The van der Waals surface area contributed by atoms with Crippen molar-refractivity contribution in [3.05, 3.63) is 28.6 Å². The van der Waals surface area contributed by atoms with E-state index in [1.165, 1.54) is 11.1 Å². The second-order valence-electron chi connectivity index (χ2n) is 13.7. The summed E-state index contributed by atoms with van der Waals surface area (Å²) in [4.78, 5) is 33.5. The summed E-state index contributed by atoms with van der Waals surface area (Å²) in [5, 5.41) is 10.3. The summed E-state index contributed by atoms with van der Waals surface area (Å²) in [6.07, 6.45) is 9.94. The molecule has 1 saturated carbocycles. The van der Waals surface area contributed by atoms with E-state index in [9.17, 15) is 14.0 Å². The molecule has 7 atom stereocenters. The van der Waals surface area contributed by atoms with E-state index < -0.39 is 12.2 Å². The second kappa shape index (κ2) is 14.8. The van der Waals surface area contributed by atoms with Gasteiger partial charge in [0, 0.05) is 24.5 Å². The number of aromatic nitrogens is 2. The summed E-state index contributed by atoms with van der Waals surface area (Å²) < 4.78 is 20.1. The van der Waals surface area contributed by atoms with Crippen molar-refractivity contribution in [2.24, 2.45) is 17.8 Å². The number of hydrogen-bond donors (Lipinski definition) is 2. The number of anilines is 1. The van der Waals surface area contributed by atoms with Crippen LogP contribution in [0, 0.1) is 17.8 Å². The van der Waals surface area contributed by atoms with Crippen LogP contribution in [0.2, 0.25) is 0 Å². The molecule has 2 heterocycles. The van der Waals surface area contributed by atoms with E-state index in [2.05, 4.69) is 54.5 Å². The van der Waals surface area contributed by atoms with Crippen LogP contribution in [-0.2, 0) is 9.59 Å². The highest BCUT2D eigenvalue weighted by Gasteiger charge is 2.37. The first-order valence-corrected chi connectivity index (χ1v) is 16.7. The fraction of sp³-hybridized carbons (Fsp3) is 0.765. The van der Waals surface area contributed by atoms with Crippen LogP contribution in [0.1, 0.15) is 124 Å². The smallest absolute Gasteiger partial charge is 0.322 e. The van der Waals surface area contributed by atoms with Gasteiger partial charge in [0.15, 0.2) is 5.82 Å². The SMILES string of the molecule is CC[C@H]1CCCCN1C(=O)C[C@H](Nc1nc(C(C)C)no1)C(=O)N[C@@H](C)C(C)C/C=C1\CC(C)=C2C(F)CCCC2C1C. The van der Waals surface area contributed by atoms with Crippen molar-refractivity contribution in [3.63, 3.8) is 0 Å². The van der Waals surface area contributed by atoms with Crippen molar-refractivity contribution in [1.29, 1.82) is 0 Å². The Morgan fingerprint density at radius 2 is 1.91 bits per heavy atom. The Morgan fingerprint density at radius 1 is 1.14 bits per heavy atom. The van der Waals surface area contributed by atoms with E-state index in [1.807, 2.05) is 25.7 Å². The van der Waals surface area contributed by atoms with Crippen molar-refractivity contribution < 1.29 is 18.5 Å². The number of hydrogen-bond acceptors (Lipinski definition) is 6. The first-order valence-electron chi connectivity index (χ1n) is 16.7. The number of allylic oxidation sites excluding steroid dienone is 4. The lowest BCUT2D eigenvalue weighted by molar-refractivity contribution is -0.137. The number of halogens is 1. The summed E-state index contributed by atoms with van der Waals surface area (Å²) >= 11 is 0. The van der Waals surface area contributed by atoms with Crippen LogP contribution in [0.5, 0.6) is 0 Å². The number of likely N-dealkylation sites (tertiary alicyclic amines) is 1. The standard InChI is InChI=1S/C34H54FN5O3/c1-8-26-12-9-10-17-40(26)30(41)19-29(37-34-38-32(20(2)3)39-43-34)33(42)36-24(7)21(4)15-16-25-18-22(5)31-27(23(25)6)13-11-14-28(31)35/h16,20-21,23-24,26-29H,8-15,17-19H2,1-7H3,(H,36,42)(H,37,38,39)/b25-16+/t21?,23?,24-,26-,27?,28?,29-/m0/s1. The predicted molar refractivity (Wildman–Crippen MR) is 168 cm³/mol. The molecule has 1 aromatic heterocycles.